The first-order chi connectivity index (χ1) is 29.9. The minimum Gasteiger partial charge on any atom is -0.491 e. The second kappa shape index (κ2) is 17.2. The monoisotopic (exact) mass is 878 g/mol. The number of nitrogens with one attached hydrogen (secondary N) is 1. The number of fused-ring (bicyclic) bond motifs is 5. The summed E-state index contributed by atoms with van der Waals surface area (Å²) >= 11 is 1.51. The lowest BCUT2D eigenvalue weighted by molar-refractivity contribution is -0.142. The van der Waals surface area contributed by atoms with Crippen molar-refractivity contribution >= 4 is 59.3 Å². The van der Waals surface area contributed by atoms with E-state index in [4.69, 9.17) is 19.4 Å². The van der Waals surface area contributed by atoms with Gasteiger partial charge in [0.15, 0.2) is 11.6 Å². The third-order valence-corrected chi connectivity index (χ3v) is 15.6. The molecule has 2 aliphatic heterocycles. The fraction of sp³-hybridized carbons (Fsp3) is 0.438. The highest BCUT2D eigenvalue weighted by Crippen LogP contribution is 2.57. The number of ether oxygens (including phenoxy) is 2. The zero-order valence-corrected chi connectivity index (χ0v) is 36.6. The summed E-state index contributed by atoms with van der Waals surface area (Å²) in [4.78, 5) is 55.4. The molecule has 324 valence electrons. The molecule has 1 N–H and O–H groups in total. The molecule has 3 fully saturated rings. The maximum absolute atomic E-state index is 15.0. The molecule has 2 aromatic heterocycles. The minimum absolute atomic E-state index is 0.00957. The first-order valence-corrected chi connectivity index (χ1v) is 24.2. The summed E-state index contributed by atoms with van der Waals surface area (Å²) < 4.78 is 57.3. The Hall–Kier alpha value is -5.21. The number of hydrogen-bond donors (Lipinski definition) is 1. The van der Waals surface area contributed by atoms with Gasteiger partial charge in [-0.1, -0.05) is 55.3 Å². The van der Waals surface area contributed by atoms with E-state index in [1.807, 2.05) is 80.6 Å². The molecule has 0 bridgehead atoms. The van der Waals surface area contributed by atoms with Crippen LogP contribution in [0.1, 0.15) is 83.6 Å². The van der Waals surface area contributed by atoms with E-state index in [9.17, 15) is 27.2 Å². The quantitative estimate of drug-likeness (QED) is 0.136. The largest absolute Gasteiger partial charge is 0.491 e. The third kappa shape index (κ3) is 8.86. The maximum atomic E-state index is 15.0. The van der Waals surface area contributed by atoms with Crippen LogP contribution in [0.3, 0.4) is 0 Å². The first kappa shape index (κ1) is 42.1. The maximum Gasteiger partial charge on any atom is 0.240 e. The van der Waals surface area contributed by atoms with Gasteiger partial charge in [-0.15, -0.1) is 11.3 Å². The van der Waals surface area contributed by atoms with Gasteiger partial charge >= 0.3 is 0 Å². The van der Waals surface area contributed by atoms with Gasteiger partial charge < -0.3 is 14.4 Å². The predicted octanol–water partition coefficient (Wildman–Crippen LogP) is 8.74. The van der Waals surface area contributed by atoms with Gasteiger partial charge in [0, 0.05) is 34.4 Å². The van der Waals surface area contributed by atoms with E-state index in [0.29, 0.717) is 49.4 Å². The molecule has 0 unspecified atom stereocenters. The van der Waals surface area contributed by atoms with Crippen LogP contribution in [-0.2, 0) is 30.8 Å². The molecule has 2 amide bonds. The molecule has 4 heterocycles. The summed E-state index contributed by atoms with van der Waals surface area (Å²) in [5.41, 5.74) is 0.931. The number of amides is 2. The number of carbonyl (C=O) groups is 3. The number of rotatable bonds is 10. The van der Waals surface area contributed by atoms with Crippen LogP contribution in [-0.4, -0.2) is 70.9 Å². The van der Waals surface area contributed by atoms with Crippen LogP contribution in [0.5, 0.6) is 11.6 Å². The highest BCUT2D eigenvalue weighted by molar-refractivity contribution is 7.90. The summed E-state index contributed by atoms with van der Waals surface area (Å²) in [6, 6.07) is 20.9. The third-order valence-electron chi connectivity index (χ3n) is 12.7. The van der Waals surface area contributed by atoms with Gasteiger partial charge in [0.2, 0.25) is 27.7 Å². The average molecular weight is 879 g/mol. The van der Waals surface area contributed by atoms with Gasteiger partial charge in [-0.25, -0.2) is 17.8 Å². The normalized spacial score (nSPS) is 25.2. The lowest BCUT2D eigenvalue weighted by Crippen LogP contribution is -2.46. The Balaban J connectivity index is 1.07. The zero-order chi connectivity index (χ0) is 43.2. The van der Waals surface area contributed by atoms with Crippen LogP contribution >= 0.6 is 11.3 Å². The molecule has 5 aromatic rings. The number of hydrogen-bond acceptors (Lipinski definition) is 10. The zero-order valence-electron chi connectivity index (χ0n) is 34.9. The van der Waals surface area contributed by atoms with Crippen LogP contribution in [0.25, 0.3) is 31.7 Å². The smallest absolute Gasteiger partial charge is 0.240 e. The fourth-order valence-corrected chi connectivity index (χ4v) is 11.6. The molecule has 62 heavy (non-hydrogen) atoms. The van der Waals surface area contributed by atoms with Crippen LogP contribution in [0.15, 0.2) is 84.9 Å². The van der Waals surface area contributed by atoms with Crippen LogP contribution in [0.2, 0.25) is 0 Å². The summed E-state index contributed by atoms with van der Waals surface area (Å²) in [6.45, 7) is 4.02. The molecular formula is C48H51FN4O7S2. The van der Waals surface area contributed by atoms with Crippen LogP contribution in [0, 0.1) is 23.1 Å². The standard InChI is InChI=1S/C48H51FN4O7S2/c1-29(2)59-35-19-17-31(18-20-35)44-50-42-38-15-8-9-16-41(38)61-43(42)45(51-44)60-36-25-39-40(54)27-48(47(56)52-62(57,58)37-21-22-37)26-33(48)13-7-5-3-4-6-12-32(46(55)53(39)28-36)23-30-11-10-14-34(49)24-30/h7-11,13-20,24,29,32-33,36-37,39H,3-6,12,21-23,25-28H2,1-2H3,(H,52,56)/b13-7-/t32-,33+,36-,39+,48-/m1/s1. The van der Waals surface area contributed by atoms with Crippen molar-refractivity contribution in [1.82, 2.24) is 19.6 Å². The predicted molar refractivity (Wildman–Crippen MR) is 237 cm³/mol. The first-order valence-electron chi connectivity index (χ1n) is 21.8. The fourth-order valence-electron chi connectivity index (χ4n) is 9.16. The van der Waals surface area contributed by atoms with Gasteiger partial charge in [-0.3, -0.25) is 19.1 Å². The molecule has 1 saturated heterocycles. The molecule has 4 aliphatic rings. The molecule has 9 rings (SSSR count). The second-order valence-corrected chi connectivity index (χ2v) is 20.7. The van der Waals surface area contributed by atoms with Crippen molar-refractivity contribution in [2.45, 2.75) is 108 Å². The van der Waals surface area contributed by atoms with E-state index >= 15 is 0 Å². The van der Waals surface area contributed by atoms with Gasteiger partial charge in [0.25, 0.3) is 0 Å². The topological polar surface area (TPSA) is 145 Å². The second-order valence-electron chi connectivity index (χ2n) is 17.7. The van der Waals surface area contributed by atoms with E-state index < -0.39 is 44.7 Å². The van der Waals surface area contributed by atoms with Crippen molar-refractivity contribution < 1.29 is 36.7 Å². The number of carbonyl (C=O) groups excluding carboxylic acids is 3. The average Bonchev–Trinajstić information content (AvgIpc) is 4.14. The summed E-state index contributed by atoms with van der Waals surface area (Å²) in [7, 11) is -3.86. The molecule has 0 spiro atoms. The lowest BCUT2D eigenvalue weighted by Gasteiger charge is -2.29. The van der Waals surface area contributed by atoms with Gasteiger partial charge in [-0.2, -0.15) is 4.98 Å². The number of thiophene rings is 1. The SMILES string of the molecule is CC(C)Oc1ccc(-c2nc(O[C@@H]3C[C@H]4C(=O)C[C@]5(C(=O)NS(=O)(=O)C6CC6)C[C@@H]5/C=C\CCCCC[C@H](Cc5cccc(F)c5)C(=O)N4C3)c3sc4ccccc4c3n2)cc1. The van der Waals surface area contributed by atoms with Gasteiger partial charge in [0.05, 0.1) is 34.9 Å². The number of ketones is 1. The summed E-state index contributed by atoms with van der Waals surface area (Å²) in [6.07, 6.45) is 8.67. The minimum atomic E-state index is -3.86. The number of aromatic nitrogens is 2. The van der Waals surface area contributed by atoms with Crippen LogP contribution < -0.4 is 14.2 Å². The Kier molecular flexibility index (Phi) is 11.7. The molecule has 0 radical (unpaired) electrons. The Morgan fingerprint density at radius 3 is 2.58 bits per heavy atom. The molecule has 2 saturated carbocycles. The molecule has 11 nitrogen and oxygen atoms in total. The Morgan fingerprint density at radius 1 is 1.00 bits per heavy atom. The highest BCUT2D eigenvalue weighted by atomic mass is 32.2. The molecular weight excluding hydrogens is 828 g/mol. The van der Waals surface area contributed by atoms with Crippen molar-refractivity contribution in [2.24, 2.45) is 17.3 Å². The molecule has 14 heteroatoms. The van der Waals surface area contributed by atoms with E-state index in [1.54, 1.807) is 11.0 Å². The Labute approximate surface area is 365 Å². The highest BCUT2D eigenvalue weighted by Gasteiger charge is 2.61. The van der Waals surface area contributed by atoms with Crippen molar-refractivity contribution in [2.75, 3.05) is 6.54 Å². The summed E-state index contributed by atoms with van der Waals surface area (Å²) in [5.74, 6) is -0.932. The van der Waals surface area contributed by atoms with Crippen molar-refractivity contribution in [3.63, 3.8) is 0 Å². The van der Waals surface area contributed by atoms with E-state index in [1.165, 1.54) is 23.5 Å². The molecule has 5 atom stereocenters. The van der Waals surface area contributed by atoms with Crippen molar-refractivity contribution in [1.29, 1.82) is 0 Å². The van der Waals surface area contributed by atoms with Crippen molar-refractivity contribution in [3.05, 3.63) is 96.3 Å². The van der Waals surface area contributed by atoms with Gasteiger partial charge in [0.1, 0.15) is 22.4 Å². The van der Waals surface area contributed by atoms with Crippen molar-refractivity contribution in [3.8, 4) is 23.0 Å². The number of allylic oxidation sites excluding steroid dienone is 2. The van der Waals surface area contributed by atoms with E-state index in [0.717, 1.165) is 57.3 Å². The molecule has 3 aromatic carbocycles. The van der Waals surface area contributed by atoms with Gasteiger partial charge in [-0.05, 0) is 113 Å². The number of Topliss-reactive ketones (excluding diaryl/α,β-unsaturated/α-hetero) is 1. The lowest BCUT2D eigenvalue weighted by atomic mass is 9.90. The van der Waals surface area contributed by atoms with E-state index in [2.05, 4.69) is 4.72 Å². The Morgan fingerprint density at radius 2 is 1.81 bits per heavy atom. The number of halogens is 1. The number of benzene rings is 3. The number of nitrogens with zero attached hydrogens (tertiary/aromatic N) is 3. The van der Waals surface area contributed by atoms with E-state index in [-0.39, 0.29) is 48.9 Å². The number of sulfonamides is 1. The Bertz CT molecular complexity index is 2660. The van der Waals surface area contributed by atoms with Crippen LogP contribution in [0.4, 0.5) is 4.39 Å². The molecule has 2 aliphatic carbocycles. The summed E-state index contributed by atoms with van der Waals surface area (Å²) in [5, 5.41) is 0.350.